The molecule has 0 aliphatic heterocycles. The molecule has 20 heavy (non-hydrogen) atoms. The summed E-state index contributed by atoms with van der Waals surface area (Å²) in [5.74, 6) is -1.70. The van der Waals surface area contributed by atoms with Gasteiger partial charge in [0.15, 0.2) is 0 Å². The molecule has 0 radical (unpaired) electrons. The fourth-order valence-corrected chi connectivity index (χ4v) is 1.68. The number of nitrogens with two attached hydrogens (primary N) is 1. The first-order chi connectivity index (χ1) is 9.31. The van der Waals surface area contributed by atoms with Gasteiger partial charge in [-0.05, 0) is 23.6 Å². The standard InChI is InChI=1S/C14H19NO5/c1-8(2)9-3-5-10(6-4-9)20-11(7-12(16)17)13(15)14(18)19/h3-6,8,11,13H,7,15H2,1-2H3,(H,16,17)(H,18,19)/t11?,13-/m0/s1. The van der Waals surface area contributed by atoms with Gasteiger partial charge in [-0.25, -0.2) is 0 Å². The van der Waals surface area contributed by atoms with Crippen molar-refractivity contribution in [2.75, 3.05) is 0 Å². The van der Waals surface area contributed by atoms with Crippen molar-refractivity contribution < 1.29 is 24.5 Å². The lowest BCUT2D eigenvalue weighted by atomic mass is 10.0. The molecule has 0 aliphatic rings. The third kappa shape index (κ3) is 4.55. The first kappa shape index (κ1) is 16.0. The van der Waals surface area contributed by atoms with Crippen LogP contribution >= 0.6 is 0 Å². The van der Waals surface area contributed by atoms with Crippen LogP contribution in [-0.2, 0) is 9.59 Å². The van der Waals surface area contributed by atoms with Gasteiger partial charge < -0.3 is 20.7 Å². The van der Waals surface area contributed by atoms with E-state index in [9.17, 15) is 9.59 Å². The summed E-state index contributed by atoms with van der Waals surface area (Å²) in [7, 11) is 0. The first-order valence-electron chi connectivity index (χ1n) is 6.28. The van der Waals surface area contributed by atoms with E-state index in [0.717, 1.165) is 5.56 Å². The summed E-state index contributed by atoms with van der Waals surface area (Å²) >= 11 is 0. The van der Waals surface area contributed by atoms with Crippen LogP contribution in [0.15, 0.2) is 24.3 Å². The van der Waals surface area contributed by atoms with Gasteiger partial charge in [-0.3, -0.25) is 9.59 Å². The van der Waals surface area contributed by atoms with Crippen molar-refractivity contribution in [3.8, 4) is 5.75 Å². The van der Waals surface area contributed by atoms with Crippen LogP contribution < -0.4 is 10.5 Å². The maximum absolute atomic E-state index is 10.9. The Bertz CT molecular complexity index is 469. The summed E-state index contributed by atoms with van der Waals surface area (Å²) in [5, 5.41) is 17.6. The molecule has 0 aromatic heterocycles. The molecule has 0 saturated carbocycles. The zero-order chi connectivity index (χ0) is 15.3. The van der Waals surface area contributed by atoms with Gasteiger partial charge in [-0.2, -0.15) is 0 Å². The number of hydrogen-bond acceptors (Lipinski definition) is 4. The number of hydrogen-bond donors (Lipinski definition) is 3. The van der Waals surface area contributed by atoms with Gasteiger partial charge in [0.2, 0.25) is 0 Å². The lowest BCUT2D eigenvalue weighted by Gasteiger charge is -2.21. The summed E-state index contributed by atoms with van der Waals surface area (Å²) in [4.78, 5) is 21.6. The minimum atomic E-state index is -1.39. The molecule has 0 amide bonds. The Morgan fingerprint density at radius 1 is 1.20 bits per heavy atom. The van der Waals surface area contributed by atoms with Gasteiger partial charge in [0.05, 0.1) is 6.42 Å². The molecule has 1 unspecified atom stereocenters. The van der Waals surface area contributed by atoms with Gasteiger partial charge >= 0.3 is 11.9 Å². The molecular formula is C14H19NO5. The Morgan fingerprint density at radius 2 is 1.75 bits per heavy atom. The third-order valence-corrected chi connectivity index (χ3v) is 2.90. The van der Waals surface area contributed by atoms with Crippen LogP contribution in [0.25, 0.3) is 0 Å². The summed E-state index contributed by atoms with van der Waals surface area (Å²) in [6.07, 6.45) is -1.59. The van der Waals surface area contributed by atoms with E-state index in [2.05, 4.69) is 0 Å². The van der Waals surface area contributed by atoms with Crippen molar-refractivity contribution in [3.05, 3.63) is 29.8 Å². The maximum atomic E-state index is 10.9. The van der Waals surface area contributed by atoms with Gasteiger partial charge in [-0.1, -0.05) is 26.0 Å². The molecule has 1 aromatic rings. The zero-order valence-electron chi connectivity index (χ0n) is 11.4. The highest BCUT2D eigenvalue weighted by Crippen LogP contribution is 2.20. The number of ether oxygens (including phenoxy) is 1. The zero-order valence-corrected chi connectivity index (χ0v) is 11.4. The van der Waals surface area contributed by atoms with Crippen molar-refractivity contribution in [1.82, 2.24) is 0 Å². The Morgan fingerprint density at radius 3 is 2.15 bits per heavy atom. The van der Waals surface area contributed by atoms with Crippen LogP contribution in [-0.4, -0.2) is 34.3 Å². The number of carboxylic acids is 2. The third-order valence-electron chi connectivity index (χ3n) is 2.90. The lowest BCUT2D eigenvalue weighted by molar-refractivity contribution is -0.143. The van der Waals surface area contributed by atoms with E-state index < -0.39 is 30.5 Å². The van der Waals surface area contributed by atoms with Crippen molar-refractivity contribution in [3.63, 3.8) is 0 Å². The van der Waals surface area contributed by atoms with Crippen molar-refractivity contribution in [2.24, 2.45) is 5.73 Å². The van der Waals surface area contributed by atoms with E-state index in [1.54, 1.807) is 12.1 Å². The Balaban J connectivity index is 2.83. The van der Waals surface area contributed by atoms with Crippen molar-refractivity contribution in [2.45, 2.75) is 38.3 Å². The number of aliphatic carboxylic acids is 2. The highest BCUT2D eigenvalue weighted by atomic mass is 16.5. The van der Waals surface area contributed by atoms with Crippen LogP contribution in [0, 0.1) is 0 Å². The predicted molar refractivity (Wildman–Crippen MR) is 72.8 cm³/mol. The first-order valence-corrected chi connectivity index (χ1v) is 6.28. The van der Waals surface area contributed by atoms with Crippen molar-refractivity contribution >= 4 is 11.9 Å². The summed E-state index contributed by atoms with van der Waals surface area (Å²) in [6, 6.07) is 5.67. The molecule has 6 nitrogen and oxygen atoms in total. The predicted octanol–water partition coefficient (Wildman–Crippen LogP) is 1.44. The van der Waals surface area contributed by atoms with Crippen LogP contribution in [0.2, 0.25) is 0 Å². The minimum Gasteiger partial charge on any atom is -0.488 e. The molecule has 0 aliphatic carbocycles. The molecule has 4 N–H and O–H groups in total. The molecule has 0 bridgehead atoms. The maximum Gasteiger partial charge on any atom is 0.324 e. The minimum absolute atomic E-state index is 0.361. The Kier molecular flexibility index (Phi) is 5.52. The summed E-state index contributed by atoms with van der Waals surface area (Å²) in [6.45, 7) is 4.09. The average molecular weight is 281 g/mol. The topological polar surface area (TPSA) is 110 Å². The Labute approximate surface area is 117 Å². The highest BCUT2D eigenvalue weighted by Gasteiger charge is 2.28. The Hall–Kier alpha value is -2.08. The van der Waals surface area contributed by atoms with Gasteiger partial charge in [0.1, 0.15) is 17.9 Å². The molecule has 0 heterocycles. The molecule has 0 saturated heterocycles. The molecule has 0 fully saturated rings. The number of carbonyl (C=O) groups is 2. The van der Waals surface area contributed by atoms with E-state index in [4.69, 9.17) is 20.7 Å². The smallest absolute Gasteiger partial charge is 0.324 e. The van der Waals surface area contributed by atoms with Crippen LogP contribution in [0.5, 0.6) is 5.75 Å². The van der Waals surface area contributed by atoms with Crippen LogP contribution in [0.4, 0.5) is 0 Å². The fourth-order valence-electron chi connectivity index (χ4n) is 1.68. The molecule has 1 rings (SSSR count). The quantitative estimate of drug-likeness (QED) is 0.697. The largest absolute Gasteiger partial charge is 0.488 e. The molecule has 1 aromatic carbocycles. The van der Waals surface area contributed by atoms with Gasteiger partial charge in [-0.15, -0.1) is 0 Å². The fraction of sp³-hybridized carbons (Fsp3) is 0.429. The summed E-state index contributed by atoms with van der Waals surface area (Å²) in [5.41, 5.74) is 6.55. The molecule has 110 valence electrons. The molecular weight excluding hydrogens is 262 g/mol. The second-order valence-corrected chi connectivity index (χ2v) is 4.84. The van der Waals surface area contributed by atoms with E-state index in [-0.39, 0.29) is 0 Å². The summed E-state index contributed by atoms with van der Waals surface area (Å²) < 4.78 is 5.40. The van der Waals surface area contributed by atoms with Gasteiger partial charge in [0, 0.05) is 0 Å². The van der Waals surface area contributed by atoms with E-state index in [1.807, 2.05) is 26.0 Å². The van der Waals surface area contributed by atoms with Crippen molar-refractivity contribution in [1.29, 1.82) is 0 Å². The highest BCUT2D eigenvalue weighted by molar-refractivity contribution is 5.76. The normalized spacial score (nSPS) is 13.8. The second kappa shape index (κ2) is 6.91. The van der Waals surface area contributed by atoms with E-state index in [1.165, 1.54) is 0 Å². The number of carboxylic acid groups (broad SMARTS) is 2. The van der Waals surface area contributed by atoms with E-state index in [0.29, 0.717) is 11.7 Å². The second-order valence-electron chi connectivity index (χ2n) is 4.84. The number of benzene rings is 1. The number of rotatable bonds is 7. The molecule has 6 heteroatoms. The lowest BCUT2D eigenvalue weighted by Crippen LogP contribution is -2.46. The molecule has 2 atom stereocenters. The van der Waals surface area contributed by atoms with Crippen LogP contribution in [0.1, 0.15) is 31.7 Å². The van der Waals surface area contributed by atoms with E-state index >= 15 is 0 Å². The average Bonchev–Trinajstić information content (AvgIpc) is 2.37. The monoisotopic (exact) mass is 281 g/mol. The molecule has 0 spiro atoms. The SMILES string of the molecule is CC(C)c1ccc(OC(CC(=O)O)[C@H](N)C(=O)O)cc1. The van der Waals surface area contributed by atoms with Gasteiger partial charge in [0.25, 0.3) is 0 Å². The van der Waals surface area contributed by atoms with Crippen LogP contribution in [0.3, 0.4) is 0 Å².